The Hall–Kier alpha value is -1.47. The van der Waals surface area contributed by atoms with Crippen LogP contribution in [0.15, 0.2) is 29.2 Å². The molecular formula is C15H21FN2O3S. The number of amides is 1. The Labute approximate surface area is 130 Å². The van der Waals surface area contributed by atoms with Crippen LogP contribution in [0.3, 0.4) is 0 Å². The minimum absolute atomic E-state index is 0.0221. The molecule has 0 spiro atoms. The standard InChI is InChI=1S/C15H21FN2O3S/c1-3-11(2)17-15(19)13-8-6-10-18(13)22(20,21)14-9-5-4-7-12(14)16/h4-5,7,9,11,13H,3,6,8,10H2,1-2H3,(H,17,19)/t11-,13-/m0/s1. The molecule has 1 amide bonds. The quantitative estimate of drug-likeness (QED) is 0.897. The first-order valence-electron chi connectivity index (χ1n) is 7.44. The monoisotopic (exact) mass is 328 g/mol. The Morgan fingerprint density at radius 2 is 2.14 bits per heavy atom. The molecule has 0 bridgehead atoms. The van der Waals surface area contributed by atoms with Crippen molar-refractivity contribution in [3.05, 3.63) is 30.1 Å². The molecule has 0 aliphatic carbocycles. The van der Waals surface area contributed by atoms with Gasteiger partial charge in [-0.05, 0) is 38.3 Å². The van der Waals surface area contributed by atoms with Crippen molar-refractivity contribution in [3.63, 3.8) is 0 Å². The predicted molar refractivity (Wildman–Crippen MR) is 81.2 cm³/mol. The predicted octanol–water partition coefficient (Wildman–Crippen LogP) is 1.89. The van der Waals surface area contributed by atoms with Gasteiger partial charge in [0, 0.05) is 12.6 Å². The summed E-state index contributed by atoms with van der Waals surface area (Å²) in [5.41, 5.74) is 0. The van der Waals surface area contributed by atoms with Crippen LogP contribution in [0.5, 0.6) is 0 Å². The number of nitrogens with zero attached hydrogens (tertiary/aromatic N) is 1. The number of carbonyl (C=O) groups is 1. The molecule has 2 rings (SSSR count). The van der Waals surface area contributed by atoms with E-state index in [2.05, 4.69) is 5.32 Å². The second-order valence-electron chi connectivity index (χ2n) is 5.52. The van der Waals surface area contributed by atoms with Crippen LogP contribution in [-0.2, 0) is 14.8 Å². The molecule has 1 N–H and O–H groups in total. The van der Waals surface area contributed by atoms with Crippen LogP contribution in [0.25, 0.3) is 0 Å². The summed E-state index contributed by atoms with van der Waals surface area (Å²) in [5, 5.41) is 2.80. The average molecular weight is 328 g/mol. The first kappa shape index (κ1) is 16.9. The molecule has 5 nitrogen and oxygen atoms in total. The van der Waals surface area contributed by atoms with E-state index in [-0.39, 0.29) is 23.4 Å². The molecule has 0 aromatic heterocycles. The summed E-state index contributed by atoms with van der Waals surface area (Å²) < 4.78 is 40.2. The number of hydrogen-bond donors (Lipinski definition) is 1. The van der Waals surface area contributed by atoms with Gasteiger partial charge in [-0.2, -0.15) is 4.31 Å². The zero-order valence-electron chi connectivity index (χ0n) is 12.8. The maximum absolute atomic E-state index is 13.8. The third-order valence-electron chi connectivity index (χ3n) is 3.93. The number of halogens is 1. The fraction of sp³-hybridized carbons (Fsp3) is 0.533. The van der Waals surface area contributed by atoms with Crippen molar-refractivity contribution in [1.82, 2.24) is 9.62 Å². The van der Waals surface area contributed by atoms with Gasteiger partial charge in [0.05, 0.1) is 0 Å². The second-order valence-corrected chi connectivity index (χ2v) is 7.38. The van der Waals surface area contributed by atoms with Crippen molar-refractivity contribution in [2.75, 3.05) is 6.54 Å². The van der Waals surface area contributed by atoms with E-state index in [9.17, 15) is 17.6 Å². The van der Waals surface area contributed by atoms with Crippen molar-refractivity contribution in [1.29, 1.82) is 0 Å². The van der Waals surface area contributed by atoms with Crippen LogP contribution in [0.1, 0.15) is 33.1 Å². The van der Waals surface area contributed by atoms with Crippen molar-refractivity contribution < 1.29 is 17.6 Å². The molecule has 1 aliphatic heterocycles. The molecular weight excluding hydrogens is 307 g/mol. The van der Waals surface area contributed by atoms with Gasteiger partial charge in [0.15, 0.2) is 0 Å². The molecule has 122 valence electrons. The van der Waals surface area contributed by atoms with Crippen molar-refractivity contribution >= 4 is 15.9 Å². The summed E-state index contributed by atoms with van der Waals surface area (Å²) in [6.07, 6.45) is 1.81. The van der Waals surface area contributed by atoms with E-state index in [1.54, 1.807) is 0 Å². The van der Waals surface area contributed by atoms with E-state index in [0.29, 0.717) is 12.8 Å². The largest absolute Gasteiger partial charge is 0.352 e. The molecule has 1 aliphatic rings. The lowest BCUT2D eigenvalue weighted by molar-refractivity contribution is -0.124. The Balaban J connectivity index is 2.27. The summed E-state index contributed by atoms with van der Waals surface area (Å²) in [7, 11) is -4.01. The molecule has 1 aromatic rings. The first-order valence-corrected chi connectivity index (χ1v) is 8.88. The van der Waals surface area contributed by atoms with Gasteiger partial charge in [0.1, 0.15) is 16.8 Å². The SMILES string of the molecule is CC[C@H](C)NC(=O)[C@@H]1CCCN1S(=O)(=O)c1ccccc1F. The fourth-order valence-corrected chi connectivity index (χ4v) is 4.23. The molecule has 1 heterocycles. The molecule has 2 atom stereocenters. The number of nitrogens with one attached hydrogen (secondary N) is 1. The van der Waals surface area contributed by atoms with Crippen LogP contribution in [0, 0.1) is 5.82 Å². The third kappa shape index (κ3) is 3.30. The zero-order valence-corrected chi connectivity index (χ0v) is 13.6. The van der Waals surface area contributed by atoms with Crippen LogP contribution < -0.4 is 5.32 Å². The van der Waals surface area contributed by atoms with Crippen LogP contribution in [-0.4, -0.2) is 37.3 Å². The smallest absolute Gasteiger partial charge is 0.246 e. The summed E-state index contributed by atoms with van der Waals surface area (Å²) in [4.78, 5) is 11.9. The maximum atomic E-state index is 13.8. The van der Waals surface area contributed by atoms with Gasteiger partial charge in [0.25, 0.3) is 0 Å². The van der Waals surface area contributed by atoms with Crippen LogP contribution in [0.2, 0.25) is 0 Å². The minimum atomic E-state index is -4.01. The van der Waals surface area contributed by atoms with E-state index in [1.807, 2.05) is 13.8 Å². The Bertz CT molecular complexity index is 648. The van der Waals surface area contributed by atoms with Crippen molar-refractivity contribution in [2.24, 2.45) is 0 Å². The van der Waals surface area contributed by atoms with Gasteiger partial charge < -0.3 is 5.32 Å². The van der Waals surface area contributed by atoms with Crippen LogP contribution >= 0.6 is 0 Å². The minimum Gasteiger partial charge on any atom is -0.352 e. The van der Waals surface area contributed by atoms with Gasteiger partial charge in [-0.15, -0.1) is 0 Å². The second kappa shape index (κ2) is 6.75. The Morgan fingerprint density at radius 1 is 1.45 bits per heavy atom. The van der Waals surface area contributed by atoms with Gasteiger partial charge in [-0.25, -0.2) is 12.8 Å². The molecule has 22 heavy (non-hydrogen) atoms. The molecule has 0 radical (unpaired) electrons. The summed E-state index contributed by atoms with van der Waals surface area (Å²) >= 11 is 0. The van der Waals surface area contributed by atoms with E-state index >= 15 is 0 Å². The fourth-order valence-electron chi connectivity index (χ4n) is 2.51. The number of rotatable bonds is 5. The summed E-state index contributed by atoms with van der Waals surface area (Å²) in [5.74, 6) is -1.11. The van der Waals surface area contributed by atoms with Gasteiger partial charge in [0.2, 0.25) is 15.9 Å². The Kier molecular flexibility index (Phi) is 5.18. The molecule has 7 heteroatoms. The normalized spacial score (nSPS) is 20.8. The highest BCUT2D eigenvalue weighted by atomic mass is 32.2. The van der Waals surface area contributed by atoms with Crippen LogP contribution in [0.4, 0.5) is 4.39 Å². The highest BCUT2D eigenvalue weighted by molar-refractivity contribution is 7.89. The Morgan fingerprint density at radius 3 is 2.77 bits per heavy atom. The molecule has 1 saturated heterocycles. The summed E-state index contributed by atoms with van der Waals surface area (Å²) in [6, 6.07) is 4.46. The summed E-state index contributed by atoms with van der Waals surface area (Å²) in [6.45, 7) is 4.03. The molecule has 1 aromatic carbocycles. The number of carbonyl (C=O) groups excluding carboxylic acids is 1. The lowest BCUT2D eigenvalue weighted by Gasteiger charge is -2.24. The van der Waals surface area contributed by atoms with Crippen molar-refractivity contribution in [3.8, 4) is 0 Å². The van der Waals surface area contributed by atoms with Crippen molar-refractivity contribution in [2.45, 2.75) is 50.1 Å². The molecule has 0 saturated carbocycles. The van der Waals surface area contributed by atoms with E-state index in [0.717, 1.165) is 16.8 Å². The highest BCUT2D eigenvalue weighted by Crippen LogP contribution is 2.27. The topological polar surface area (TPSA) is 66.5 Å². The first-order chi connectivity index (χ1) is 10.4. The number of benzene rings is 1. The van der Waals surface area contributed by atoms with E-state index in [1.165, 1.54) is 18.2 Å². The van der Waals surface area contributed by atoms with Gasteiger partial charge in [-0.1, -0.05) is 19.1 Å². The van der Waals surface area contributed by atoms with E-state index in [4.69, 9.17) is 0 Å². The highest BCUT2D eigenvalue weighted by Gasteiger charge is 2.40. The lowest BCUT2D eigenvalue weighted by atomic mass is 10.2. The number of sulfonamides is 1. The molecule has 1 fully saturated rings. The maximum Gasteiger partial charge on any atom is 0.246 e. The average Bonchev–Trinajstić information content (AvgIpc) is 2.97. The zero-order chi connectivity index (χ0) is 16.3. The third-order valence-corrected chi connectivity index (χ3v) is 5.87. The van der Waals surface area contributed by atoms with Gasteiger partial charge >= 0.3 is 0 Å². The molecule has 0 unspecified atom stereocenters. The van der Waals surface area contributed by atoms with Gasteiger partial charge in [-0.3, -0.25) is 4.79 Å². The van der Waals surface area contributed by atoms with E-state index < -0.39 is 21.9 Å². The number of hydrogen-bond acceptors (Lipinski definition) is 3. The lowest BCUT2D eigenvalue weighted by Crippen LogP contribution is -2.48.